The van der Waals surface area contributed by atoms with Gasteiger partial charge in [0, 0.05) is 5.54 Å². The van der Waals surface area contributed by atoms with Gasteiger partial charge >= 0.3 is 6.18 Å². The quantitative estimate of drug-likeness (QED) is 0.803. The van der Waals surface area contributed by atoms with Crippen LogP contribution >= 0.6 is 0 Å². The number of hydrogen-bond acceptors (Lipinski definition) is 1. The van der Waals surface area contributed by atoms with Crippen molar-refractivity contribution in [3.8, 4) is 0 Å². The van der Waals surface area contributed by atoms with Gasteiger partial charge in [0.05, 0.1) is 5.56 Å². The molecular formula is C14H18F3N. The third kappa shape index (κ3) is 2.86. The number of piperidine rings is 1. The highest BCUT2D eigenvalue weighted by molar-refractivity contribution is 5.33. The molecule has 1 aliphatic rings. The summed E-state index contributed by atoms with van der Waals surface area (Å²) in [6.45, 7) is 4.84. The van der Waals surface area contributed by atoms with Gasteiger partial charge in [-0.15, -0.1) is 0 Å². The maximum Gasteiger partial charge on any atom is 0.416 e. The third-order valence-electron chi connectivity index (χ3n) is 3.56. The number of benzene rings is 1. The predicted octanol–water partition coefficient (Wildman–Crippen LogP) is 3.95. The van der Waals surface area contributed by atoms with Crippen LogP contribution in [0.3, 0.4) is 0 Å². The Morgan fingerprint density at radius 1 is 1.22 bits per heavy atom. The van der Waals surface area contributed by atoms with Gasteiger partial charge in [0.2, 0.25) is 0 Å². The molecule has 0 radical (unpaired) electrons. The van der Waals surface area contributed by atoms with Crippen LogP contribution < -0.4 is 5.32 Å². The summed E-state index contributed by atoms with van der Waals surface area (Å²) in [6.07, 6.45) is -2.76. The molecule has 0 bridgehead atoms. The van der Waals surface area contributed by atoms with E-state index in [1.807, 2.05) is 13.8 Å². The zero-order chi connectivity index (χ0) is 13.4. The fraction of sp³-hybridized carbons (Fsp3) is 0.571. The van der Waals surface area contributed by atoms with Crippen LogP contribution in [0.5, 0.6) is 0 Å². The molecule has 1 heterocycles. The number of rotatable bonds is 1. The molecule has 1 aromatic rings. The largest absolute Gasteiger partial charge is 0.416 e. The lowest BCUT2D eigenvalue weighted by molar-refractivity contribution is -0.138. The van der Waals surface area contributed by atoms with E-state index < -0.39 is 11.7 Å². The Hall–Kier alpha value is -1.03. The Morgan fingerprint density at radius 2 is 1.89 bits per heavy atom. The Morgan fingerprint density at radius 3 is 2.50 bits per heavy atom. The predicted molar refractivity (Wildman–Crippen MR) is 65.5 cm³/mol. The minimum absolute atomic E-state index is 0.0147. The van der Waals surface area contributed by atoms with E-state index >= 15 is 0 Å². The smallest absolute Gasteiger partial charge is 0.312 e. The van der Waals surface area contributed by atoms with Crippen LogP contribution in [-0.4, -0.2) is 12.1 Å². The minimum Gasteiger partial charge on any atom is -0.312 e. The van der Waals surface area contributed by atoms with E-state index in [1.165, 1.54) is 12.1 Å². The second kappa shape index (κ2) is 4.57. The average Bonchev–Trinajstić information content (AvgIpc) is 2.26. The Kier molecular flexibility index (Phi) is 3.41. The molecule has 1 aromatic carbocycles. The molecule has 0 aromatic heterocycles. The van der Waals surface area contributed by atoms with Gasteiger partial charge in [-0.05, 0) is 50.8 Å². The number of hydrogen-bond donors (Lipinski definition) is 1. The molecule has 1 N–H and O–H groups in total. The lowest BCUT2D eigenvalue weighted by Gasteiger charge is -2.37. The number of halogens is 3. The molecule has 100 valence electrons. The van der Waals surface area contributed by atoms with E-state index in [0.717, 1.165) is 19.4 Å². The van der Waals surface area contributed by atoms with Gasteiger partial charge in [-0.2, -0.15) is 13.2 Å². The van der Waals surface area contributed by atoms with Crippen molar-refractivity contribution in [3.05, 3.63) is 35.4 Å². The summed E-state index contributed by atoms with van der Waals surface area (Å²) in [5, 5.41) is 3.34. The van der Waals surface area contributed by atoms with Crippen molar-refractivity contribution < 1.29 is 13.2 Å². The highest BCUT2D eigenvalue weighted by atomic mass is 19.4. The number of alkyl halides is 3. The normalized spacial score (nSPS) is 23.9. The van der Waals surface area contributed by atoms with Crippen LogP contribution in [0, 0.1) is 0 Å². The monoisotopic (exact) mass is 257 g/mol. The summed E-state index contributed by atoms with van der Waals surface area (Å²) in [6, 6.07) is 5.96. The average molecular weight is 257 g/mol. The summed E-state index contributed by atoms with van der Waals surface area (Å²) in [5.41, 5.74) is -0.131. The zero-order valence-corrected chi connectivity index (χ0v) is 10.6. The molecule has 4 heteroatoms. The lowest BCUT2D eigenvalue weighted by Crippen LogP contribution is -2.45. The molecule has 1 aliphatic heterocycles. The van der Waals surface area contributed by atoms with Crippen molar-refractivity contribution in [2.45, 2.75) is 44.3 Å². The molecule has 18 heavy (non-hydrogen) atoms. The van der Waals surface area contributed by atoms with E-state index in [1.54, 1.807) is 12.1 Å². The molecule has 0 amide bonds. The van der Waals surface area contributed by atoms with Crippen molar-refractivity contribution in [3.63, 3.8) is 0 Å². The molecule has 1 saturated heterocycles. The summed E-state index contributed by atoms with van der Waals surface area (Å²) >= 11 is 0. The summed E-state index contributed by atoms with van der Waals surface area (Å²) < 4.78 is 38.9. The molecule has 1 atom stereocenters. The van der Waals surface area contributed by atoms with Gasteiger partial charge in [-0.25, -0.2) is 0 Å². The van der Waals surface area contributed by atoms with Crippen molar-refractivity contribution in [1.29, 1.82) is 0 Å². The van der Waals surface area contributed by atoms with Crippen LogP contribution in [0.25, 0.3) is 0 Å². The second-order valence-corrected chi connectivity index (χ2v) is 5.59. The van der Waals surface area contributed by atoms with Crippen molar-refractivity contribution in [2.24, 2.45) is 0 Å². The SMILES string of the molecule is CC1(C)CC(c2ccccc2C(F)(F)F)CCN1. The molecular weight excluding hydrogens is 239 g/mol. The third-order valence-corrected chi connectivity index (χ3v) is 3.56. The lowest BCUT2D eigenvalue weighted by atomic mass is 9.79. The molecule has 1 unspecified atom stereocenters. The Balaban J connectivity index is 2.33. The van der Waals surface area contributed by atoms with Gasteiger partial charge in [-0.3, -0.25) is 0 Å². The highest BCUT2D eigenvalue weighted by Gasteiger charge is 2.37. The van der Waals surface area contributed by atoms with Crippen molar-refractivity contribution in [2.75, 3.05) is 6.54 Å². The van der Waals surface area contributed by atoms with E-state index in [4.69, 9.17) is 0 Å². The highest BCUT2D eigenvalue weighted by Crippen LogP contribution is 2.40. The standard InChI is InChI=1S/C14H18F3N/c1-13(2)9-10(7-8-18-13)11-5-3-4-6-12(11)14(15,16)17/h3-6,10,18H,7-9H2,1-2H3. The van der Waals surface area contributed by atoms with Crippen molar-refractivity contribution in [1.82, 2.24) is 5.32 Å². The maximum absolute atomic E-state index is 13.0. The first-order chi connectivity index (χ1) is 8.30. The van der Waals surface area contributed by atoms with Crippen LogP contribution in [0.4, 0.5) is 13.2 Å². The molecule has 1 nitrogen and oxygen atoms in total. The molecule has 0 aliphatic carbocycles. The molecule has 0 spiro atoms. The van der Waals surface area contributed by atoms with E-state index in [2.05, 4.69) is 5.32 Å². The maximum atomic E-state index is 13.0. The van der Waals surface area contributed by atoms with Crippen LogP contribution in [-0.2, 0) is 6.18 Å². The van der Waals surface area contributed by atoms with Gasteiger partial charge in [0.1, 0.15) is 0 Å². The Labute approximate surface area is 105 Å². The molecule has 1 fully saturated rings. The topological polar surface area (TPSA) is 12.0 Å². The summed E-state index contributed by atoms with van der Waals surface area (Å²) in [5.74, 6) is -0.0147. The summed E-state index contributed by atoms with van der Waals surface area (Å²) in [7, 11) is 0. The van der Waals surface area contributed by atoms with Gasteiger partial charge in [0.25, 0.3) is 0 Å². The van der Waals surface area contributed by atoms with Crippen molar-refractivity contribution >= 4 is 0 Å². The summed E-state index contributed by atoms with van der Waals surface area (Å²) in [4.78, 5) is 0. The molecule has 2 rings (SSSR count). The van der Waals surface area contributed by atoms with Crippen LogP contribution in [0.2, 0.25) is 0 Å². The number of nitrogens with one attached hydrogen (secondary N) is 1. The first-order valence-corrected chi connectivity index (χ1v) is 6.21. The van der Waals surface area contributed by atoms with Gasteiger partial charge < -0.3 is 5.32 Å². The van der Waals surface area contributed by atoms with Crippen LogP contribution in [0.1, 0.15) is 43.7 Å². The first-order valence-electron chi connectivity index (χ1n) is 6.21. The van der Waals surface area contributed by atoms with Gasteiger partial charge in [-0.1, -0.05) is 18.2 Å². The van der Waals surface area contributed by atoms with E-state index in [-0.39, 0.29) is 11.5 Å². The van der Waals surface area contributed by atoms with Crippen LogP contribution in [0.15, 0.2) is 24.3 Å². The van der Waals surface area contributed by atoms with Gasteiger partial charge in [0.15, 0.2) is 0 Å². The fourth-order valence-electron chi connectivity index (χ4n) is 2.75. The fourth-order valence-corrected chi connectivity index (χ4v) is 2.75. The first kappa shape index (κ1) is 13.4. The van der Waals surface area contributed by atoms with E-state index in [0.29, 0.717) is 5.56 Å². The molecule has 0 saturated carbocycles. The Bertz CT molecular complexity index is 423. The van der Waals surface area contributed by atoms with E-state index in [9.17, 15) is 13.2 Å². The minimum atomic E-state index is -4.26. The second-order valence-electron chi connectivity index (χ2n) is 5.59. The zero-order valence-electron chi connectivity index (χ0n) is 10.6.